The molecule has 0 aliphatic carbocycles. The molecule has 0 aliphatic heterocycles. The molecule has 0 unspecified atom stereocenters. The van der Waals surface area contributed by atoms with Gasteiger partial charge in [-0.1, -0.05) is 18.2 Å². The van der Waals surface area contributed by atoms with E-state index in [0.717, 1.165) is 29.9 Å². The third-order valence-corrected chi connectivity index (χ3v) is 3.94. The molecule has 0 fully saturated rings. The Balaban J connectivity index is 1.74. The van der Waals surface area contributed by atoms with E-state index in [1.807, 2.05) is 25.1 Å². The maximum atomic E-state index is 12.2. The first kappa shape index (κ1) is 19.6. The molecular formula is C21H27NO4. The average molecular weight is 357 g/mol. The molecule has 2 rings (SSSR count). The van der Waals surface area contributed by atoms with Crippen molar-refractivity contribution in [2.75, 3.05) is 20.3 Å². The molecule has 0 bridgehead atoms. The van der Waals surface area contributed by atoms with E-state index in [-0.39, 0.29) is 5.91 Å². The minimum Gasteiger partial charge on any atom is -0.497 e. The summed E-state index contributed by atoms with van der Waals surface area (Å²) in [7, 11) is 1.61. The van der Waals surface area contributed by atoms with Crippen LogP contribution in [0.15, 0.2) is 48.5 Å². The van der Waals surface area contributed by atoms with Gasteiger partial charge in [-0.25, -0.2) is 0 Å². The summed E-state index contributed by atoms with van der Waals surface area (Å²) in [6, 6.07) is 15.2. The van der Waals surface area contributed by atoms with Gasteiger partial charge in [-0.15, -0.1) is 0 Å². The summed E-state index contributed by atoms with van der Waals surface area (Å²) in [5, 5.41) is 2.92. The molecule has 140 valence electrons. The number of hydrogen-bond acceptors (Lipinski definition) is 4. The Labute approximate surface area is 155 Å². The van der Waals surface area contributed by atoms with Gasteiger partial charge in [0.25, 0.3) is 5.91 Å². The molecule has 2 aromatic carbocycles. The van der Waals surface area contributed by atoms with Crippen molar-refractivity contribution >= 4 is 5.91 Å². The van der Waals surface area contributed by atoms with Crippen molar-refractivity contribution in [1.82, 2.24) is 5.32 Å². The van der Waals surface area contributed by atoms with Gasteiger partial charge >= 0.3 is 0 Å². The number of carbonyl (C=O) groups excluding carboxylic acids is 1. The number of carbonyl (C=O) groups is 1. The standard InChI is InChI=1S/C21H27NO4/c1-4-25-20-10-6-5-8-17(20)9-7-15-22-21(23)16(2)26-19-13-11-18(24-3)12-14-19/h5-6,8,10-14,16H,4,7,9,15H2,1-3H3,(H,22,23)/t16-/m1/s1. The molecule has 0 radical (unpaired) electrons. The number of rotatable bonds is 10. The summed E-state index contributed by atoms with van der Waals surface area (Å²) < 4.78 is 16.4. The lowest BCUT2D eigenvalue weighted by Crippen LogP contribution is -2.36. The SMILES string of the molecule is CCOc1ccccc1CCCNC(=O)[C@@H](C)Oc1ccc(OC)cc1. The summed E-state index contributed by atoms with van der Waals surface area (Å²) in [6.45, 7) is 4.95. The topological polar surface area (TPSA) is 56.8 Å². The van der Waals surface area contributed by atoms with Gasteiger partial charge in [0.1, 0.15) is 17.2 Å². The molecule has 1 amide bonds. The number of nitrogens with one attached hydrogen (secondary N) is 1. The van der Waals surface area contributed by atoms with Crippen LogP contribution < -0.4 is 19.5 Å². The summed E-state index contributed by atoms with van der Waals surface area (Å²) in [5.41, 5.74) is 1.16. The molecule has 0 saturated heterocycles. The van der Waals surface area contributed by atoms with Crippen LogP contribution in [-0.2, 0) is 11.2 Å². The molecule has 0 spiro atoms. The van der Waals surface area contributed by atoms with Gasteiger partial charge in [-0.3, -0.25) is 4.79 Å². The number of hydrogen-bond donors (Lipinski definition) is 1. The van der Waals surface area contributed by atoms with E-state index in [9.17, 15) is 4.79 Å². The van der Waals surface area contributed by atoms with Crippen LogP contribution in [-0.4, -0.2) is 32.3 Å². The zero-order chi connectivity index (χ0) is 18.8. The number of ether oxygens (including phenoxy) is 3. The molecule has 1 N–H and O–H groups in total. The fourth-order valence-electron chi connectivity index (χ4n) is 2.55. The second-order valence-electron chi connectivity index (χ2n) is 5.87. The van der Waals surface area contributed by atoms with E-state index in [4.69, 9.17) is 14.2 Å². The van der Waals surface area contributed by atoms with Gasteiger partial charge in [0.2, 0.25) is 0 Å². The predicted molar refractivity (Wildman–Crippen MR) is 102 cm³/mol. The molecule has 0 heterocycles. The summed E-state index contributed by atoms with van der Waals surface area (Å²) >= 11 is 0. The van der Waals surface area contributed by atoms with Crippen LogP contribution in [0.3, 0.4) is 0 Å². The Hall–Kier alpha value is -2.69. The Kier molecular flexibility index (Phi) is 7.80. The lowest BCUT2D eigenvalue weighted by molar-refractivity contribution is -0.127. The first-order valence-corrected chi connectivity index (χ1v) is 8.93. The number of aryl methyl sites for hydroxylation is 1. The van der Waals surface area contributed by atoms with E-state index < -0.39 is 6.10 Å². The Morgan fingerprint density at radius 2 is 1.77 bits per heavy atom. The molecule has 26 heavy (non-hydrogen) atoms. The van der Waals surface area contributed by atoms with Crippen LogP contribution in [0.1, 0.15) is 25.8 Å². The Bertz CT molecular complexity index is 685. The second kappa shape index (κ2) is 10.3. The number of methoxy groups -OCH3 is 1. The normalized spacial score (nSPS) is 11.5. The zero-order valence-electron chi connectivity index (χ0n) is 15.7. The Morgan fingerprint density at radius 1 is 1.08 bits per heavy atom. The summed E-state index contributed by atoms with van der Waals surface area (Å²) in [6.07, 6.45) is 1.13. The van der Waals surface area contributed by atoms with Gasteiger partial charge in [-0.05, 0) is 62.6 Å². The third-order valence-electron chi connectivity index (χ3n) is 3.94. The highest BCUT2D eigenvalue weighted by molar-refractivity contribution is 5.80. The maximum absolute atomic E-state index is 12.2. The van der Waals surface area contributed by atoms with Crippen molar-refractivity contribution in [2.24, 2.45) is 0 Å². The largest absolute Gasteiger partial charge is 0.497 e. The average Bonchev–Trinajstić information content (AvgIpc) is 2.67. The van der Waals surface area contributed by atoms with Gasteiger partial charge in [0, 0.05) is 6.54 Å². The van der Waals surface area contributed by atoms with E-state index in [0.29, 0.717) is 18.9 Å². The van der Waals surface area contributed by atoms with Crippen molar-refractivity contribution < 1.29 is 19.0 Å². The van der Waals surface area contributed by atoms with Crippen LogP contribution in [0.4, 0.5) is 0 Å². The molecule has 1 atom stereocenters. The van der Waals surface area contributed by atoms with E-state index >= 15 is 0 Å². The second-order valence-corrected chi connectivity index (χ2v) is 5.87. The van der Waals surface area contributed by atoms with E-state index in [2.05, 4.69) is 11.4 Å². The number of benzene rings is 2. The molecule has 0 aromatic heterocycles. The van der Waals surface area contributed by atoms with Crippen molar-refractivity contribution in [3.8, 4) is 17.2 Å². The number of amides is 1. The monoisotopic (exact) mass is 357 g/mol. The van der Waals surface area contributed by atoms with Crippen molar-refractivity contribution in [3.05, 3.63) is 54.1 Å². The van der Waals surface area contributed by atoms with Gasteiger partial charge < -0.3 is 19.5 Å². The van der Waals surface area contributed by atoms with Gasteiger partial charge in [-0.2, -0.15) is 0 Å². The highest BCUT2D eigenvalue weighted by Crippen LogP contribution is 2.20. The molecular weight excluding hydrogens is 330 g/mol. The van der Waals surface area contributed by atoms with Gasteiger partial charge in [0.05, 0.1) is 13.7 Å². The summed E-state index contributed by atoms with van der Waals surface area (Å²) in [5.74, 6) is 2.18. The minimum absolute atomic E-state index is 0.126. The van der Waals surface area contributed by atoms with Crippen LogP contribution >= 0.6 is 0 Å². The fourth-order valence-corrected chi connectivity index (χ4v) is 2.55. The molecule has 5 nitrogen and oxygen atoms in total. The van der Waals surface area contributed by atoms with Crippen LogP contribution in [0, 0.1) is 0 Å². The molecule has 0 aliphatic rings. The van der Waals surface area contributed by atoms with E-state index in [1.165, 1.54) is 0 Å². The fraction of sp³-hybridized carbons (Fsp3) is 0.381. The van der Waals surface area contributed by atoms with Crippen molar-refractivity contribution in [3.63, 3.8) is 0 Å². The molecule has 5 heteroatoms. The smallest absolute Gasteiger partial charge is 0.260 e. The highest BCUT2D eigenvalue weighted by Gasteiger charge is 2.14. The lowest BCUT2D eigenvalue weighted by atomic mass is 10.1. The summed E-state index contributed by atoms with van der Waals surface area (Å²) in [4.78, 5) is 12.2. The third kappa shape index (κ3) is 5.99. The lowest BCUT2D eigenvalue weighted by Gasteiger charge is -2.15. The van der Waals surface area contributed by atoms with Crippen LogP contribution in [0.25, 0.3) is 0 Å². The Morgan fingerprint density at radius 3 is 2.46 bits per heavy atom. The quantitative estimate of drug-likeness (QED) is 0.660. The predicted octanol–water partition coefficient (Wildman–Crippen LogP) is 3.61. The zero-order valence-corrected chi connectivity index (χ0v) is 15.7. The van der Waals surface area contributed by atoms with Crippen molar-refractivity contribution in [2.45, 2.75) is 32.8 Å². The van der Waals surface area contributed by atoms with Crippen molar-refractivity contribution in [1.29, 1.82) is 0 Å². The van der Waals surface area contributed by atoms with Crippen LogP contribution in [0.5, 0.6) is 17.2 Å². The maximum Gasteiger partial charge on any atom is 0.260 e. The minimum atomic E-state index is -0.556. The van der Waals surface area contributed by atoms with Gasteiger partial charge in [0.15, 0.2) is 6.10 Å². The first-order valence-electron chi connectivity index (χ1n) is 8.93. The highest BCUT2D eigenvalue weighted by atomic mass is 16.5. The van der Waals surface area contributed by atoms with E-state index in [1.54, 1.807) is 38.3 Å². The number of para-hydroxylation sites is 1. The molecule has 2 aromatic rings. The molecule has 0 saturated carbocycles. The first-order chi connectivity index (χ1) is 12.6. The van der Waals surface area contributed by atoms with Crippen LogP contribution in [0.2, 0.25) is 0 Å².